The van der Waals surface area contributed by atoms with E-state index in [9.17, 15) is 34.7 Å². The summed E-state index contributed by atoms with van der Waals surface area (Å²) in [5, 5.41) is 42.1. The fourth-order valence-electron chi connectivity index (χ4n) is 15.4. The number of rotatable bonds is 27. The van der Waals surface area contributed by atoms with E-state index in [-0.39, 0.29) is 127 Å². The van der Waals surface area contributed by atoms with Crippen LogP contribution in [0.5, 0.6) is 0 Å². The molecule has 7 aliphatic heterocycles. The minimum absolute atomic E-state index is 0.0447. The zero-order chi connectivity index (χ0) is 89.8. The van der Waals surface area contributed by atoms with Gasteiger partial charge in [-0.15, -0.1) is 0 Å². The fourth-order valence-corrected chi connectivity index (χ4v) is 19.7. The van der Waals surface area contributed by atoms with Crippen molar-refractivity contribution in [3.8, 4) is 6.07 Å². The maximum Gasteiger partial charge on any atom is 0.488 e. The number of aliphatic hydroxyl groups excluding tert-OH is 2. The lowest BCUT2D eigenvalue weighted by Gasteiger charge is -2.34. The zero-order valence-corrected chi connectivity index (χ0v) is 70.3. The van der Waals surface area contributed by atoms with E-state index >= 15 is 8.78 Å². The van der Waals surface area contributed by atoms with E-state index in [1.807, 2.05) is 6.07 Å². The zero-order valence-electron chi connectivity index (χ0n) is 67.6. The van der Waals surface area contributed by atoms with Gasteiger partial charge in [0.1, 0.15) is 75.1 Å². The van der Waals surface area contributed by atoms with Crippen LogP contribution in [-0.4, -0.2) is 272 Å². The molecular weight excluding hydrogens is 1760 g/mol. The average Bonchev–Trinajstić information content (AvgIpc) is 1.56. The number of carbonyl (C=O) groups excluding carboxylic acids is 4. The molecule has 130 heavy (non-hydrogen) atoms. The lowest BCUT2D eigenvalue weighted by molar-refractivity contribution is -0.185. The van der Waals surface area contributed by atoms with Crippen LogP contribution in [-0.2, 0) is 69.1 Å². The number of anilines is 4. The first-order valence-electron chi connectivity index (χ1n) is 40.0. The van der Waals surface area contributed by atoms with Gasteiger partial charge in [0.05, 0.1) is 70.8 Å². The number of hydrogen-bond acceptors (Lipinski definition) is 34. The Hall–Kier alpha value is -12.0. The number of nitrogens with zero attached hydrogens (tertiary/aromatic N) is 19. The second-order valence-electron chi connectivity index (χ2n) is 29.8. The average molecular weight is 1830 g/mol. The topological polar surface area (TPSA) is 502 Å². The second-order valence-corrected chi connectivity index (χ2v) is 34.6. The smallest absolute Gasteiger partial charge is 0.393 e. The summed E-state index contributed by atoms with van der Waals surface area (Å²) in [5.74, 6) is -1.27. The first kappa shape index (κ1) is 88.7. The Kier molecular flexibility index (Phi) is 26.1. The minimum Gasteiger partial charge on any atom is -0.393 e. The van der Waals surface area contributed by atoms with Crippen molar-refractivity contribution in [2.24, 2.45) is 0 Å². The van der Waals surface area contributed by atoms with Crippen LogP contribution in [0.15, 0.2) is 172 Å². The van der Waals surface area contributed by atoms with Crippen molar-refractivity contribution >= 4 is 131 Å². The molecule has 0 aliphatic carbocycles. The molecule has 0 saturated carbocycles. The number of nitrogens with one attached hydrogen (secondary N) is 4. The van der Waals surface area contributed by atoms with E-state index < -0.39 is 165 Å². The van der Waals surface area contributed by atoms with Gasteiger partial charge in [0, 0.05) is 22.3 Å². The monoisotopic (exact) mass is 1830 g/mol. The van der Waals surface area contributed by atoms with Crippen LogP contribution in [0.2, 0.25) is 0 Å². The predicted octanol–water partition coefficient (Wildman–Crippen LogP) is 7.44. The Balaban J connectivity index is 0.000000176. The fraction of sp³-hybridized carbons (Fsp3) is 0.354. The van der Waals surface area contributed by atoms with Gasteiger partial charge in [0.25, 0.3) is 23.6 Å². The number of alkyl halides is 2. The summed E-state index contributed by atoms with van der Waals surface area (Å²) in [6.45, 7) is 11.7. The maximum atomic E-state index is 17.1. The van der Waals surface area contributed by atoms with Gasteiger partial charge in [0.2, 0.25) is 13.1 Å². The first-order valence-corrected chi connectivity index (χ1v) is 44.3. The number of benzene rings is 4. The molecule has 7 saturated heterocycles. The number of fused-ring (bicyclic) bond motifs is 7. The Morgan fingerprint density at radius 1 is 0.585 bits per heavy atom. The van der Waals surface area contributed by atoms with E-state index in [1.165, 1.54) is 59.8 Å². The van der Waals surface area contributed by atoms with Crippen molar-refractivity contribution in [3.05, 3.63) is 217 Å². The molecule has 19 rings (SSSR count). The first-order chi connectivity index (χ1) is 63.3. The molecule has 7 unspecified atom stereocenters. The largest absolute Gasteiger partial charge is 0.488 e. The van der Waals surface area contributed by atoms with E-state index in [0.717, 1.165) is 0 Å². The number of aliphatic hydroxyl groups is 2. The number of imidazole rings is 4. The van der Waals surface area contributed by atoms with Gasteiger partial charge in [-0.1, -0.05) is 72.8 Å². The molecule has 12 aromatic rings. The molecule has 15 heterocycles. The highest BCUT2D eigenvalue weighted by atomic mass is 31.2. The summed E-state index contributed by atoms with van der Waals surface area (Å²) >= 11 is 0. The highest BCUT2D eigenvalue weighted by molar-refractivity contribution is 7.86. The van der Waals surface area contributed by atoms with Crippen LogP contribution < -0.4 is 21.3 Å². The molecule has 4 bridgehead atoms. The maximum absolute atomic E-state index is 17.1. The molecule has 8 aromatic heterocycles. The number of halogens is 2. The van der Waals surface area contributed by atoms with Crippen molar-refractivity contribution in [1.29, 1.82) is 5.26 Å². The molecule has 7 fully saturated rings. The summed E-state index contributed by atoms with van der Waals surface area (Å²) < 4.78 is 132. The molecule has 4 radical (unpaired) electrons. The van der Waals surface area contributed by atoms with Crippen molar-refractivity contribution in [1.82, 2.24) is 78.1 Å². The lowest BCUT2D eigenvalue weighted by atomic mass is 10.0. The van der Waals surface area contributed by atoms with Crippen molar-refractivity contribution in [2.45, 2.75) is 104 Å². The summed E-state index contributed by atoms with van der Waals surface area (Å²) in [5.41, 5.74) is 0.182. The summed E-state index contributed by atoms with van der Waals surface area (Å²) in [6, 6.07) is 36.1. The molecule has 19 atom stereocenters. The SMILES string of the molecule is [B][P+](OCC[N+]#[C-])(OC[C@H]1O[C@@H](n2cnc3c(NC(=O)c4ccccc4)ncnc32)[C@@H](F)C1O)O[C@@H]1C2OC[C@]1(CO)O[C@H]2n1cnc2c(NC(=O)c3ccccc3)ncnc21.[B][P+]1(OCC[N+]#[C-])OC[C@H]2O[C@@H](n3cnc4c(NC(=O)c5ccccc5)ncnc43)[C@@H](F)C2OP(OCCC#N)OC[C@@]23COC([C@H](n4cnc5c(NC(=O)c6ccccc6)ncnc54)O2)[C@H]3O1. The molecule has 51 heteroatoms. The molecule has 44 nitrogen and oxygen atoms in total. The Bertz CT molecular complexity index is 6290. The van der Waals surface area contributed by atoms with Gasteiger partial charge in [-0.3, -0.25) is 37.4 Å². The van der Waals surface area contributed by atoms with Gasteiger partial charge in [-0.25, -0.2) is 81.7 Å². The van der Waals surface area contributed by atoms with Crippen LogP contribution in [0.4, 0.5) is 32.1 Å². The normalized spacial score (nSPS) is 27.7. The third-order valence-electron chi connectivity index (χ3n) is 21.7. The van der Waals surface area contributed by atoms with Gasteiger partial charge in [-0.2, -0.15) is 32.4 Å². The molecule has 7 aliphatic rings. The molecule has 6 N–H and O–H groups in total. The number of carbonyl (C=O) groups is 4. The van der Waals surface area contributed by atoms with E-state index in [2.05, 4.69) is 90.8 Å². The quantitative estimate of drug-likeness (QED) is 0.0126. The van der Waals surface area contributed by atoms with E-state index in [0.29, 0.717) is 22.3 Å². The van der Waals surface area contributed by atoms with Crippen LogP contribution in [0, 0.1) is 24.5 Å². The third kappa shape index (κ3) is 17.8. The van der Waals surface area contributed by atoms with E-state index in [4.69, 9.17) is 97.4 Å². The van der Waals surface area contributed by atoms with Crippen LogP contribution in [0.1, 0.15) is 72.8 Å². The van der Waals surface area contributed by atoms with E-state index in [1.54, 1.807) is 130 Å². The van der Waals surface area contributed by atoms with Crippen LogP contribution in [0.3, 0.4) is 0 Å². The molecule has 4 amide bonds. The number of ether oxygens (including phenoxy) is 6. The summed E-state index contributed by atoms with van der Waals surface area (Å²) in [7, 11) is 3.10. The van der Waals surface area contributed by atoms with Crippen LogP contribution in [0.25, 0.3) is 54.3 Å². The highest BCUT2D eigenvalue weighted by Crippen LogP contribution is 2.66. The second kappa shape index (κ2) is 38.2. The summed E-state index contributed by atoms with van der Waals surface area (Å²) in [6.07, 6.45) is -8.49. The van der Waals surface area contributed by atoms with Gasteiger partial charge < -0.3 is 83.2 Å². The van der Waals surface area contributed by atoms with Gasteiger partial charge >= 0.3 is 39.4 Å². The van der Waals surface area contributed by atoms with Crippen molar-refractivity contribution < 1.29 is 107 Å². The minimum atomic E-state index is -4.01. The number of nitriles is 1. The Morgan fingerprint density at radius 3 is 1.51 bits per heavy atom. The summed E-state index contributed by atoms with van der Waals surface area (Å²) in [4.78, 5) is 110. The molecule has 0 spiro atoms. The van der Waals surface area contributed by atoms with Gasteiger partial charge in [-0.05, 0) is 48.5 Å². The predicted molar refractivity (Wildman–Crippen MR) is 451 cm³/mol. The standard InChI is InChI=1S/C41H37BFN12O11P2.C38H35BFN11O10P/c1-45-14-16-61-68(42)62-17-26-30(27(43)39(63-26)54-22-50-28-33(46-20-48-35(28)54)52-37(56)24-9-4-2-5-10-24)65-67(59-15-8-13-44)60-19-41-18-58-31(32(41)66-68)40(64-41)55-23-51-29-34(47-21-49-36(29)55)53-38(57)25-11-6-3-7-12-25;1-41-12-13-57-62(39,58-14-23-27(53)24(40)36(59-23)50-19-46-25-30(42-17-44-32(25)50)48-34(54)21-8-4-2-5-9-21)61-29-28-37(60-38(29,15-52)16-56-28)51-20-47-26-31(43-18-45-33(26)51)49-35(55)22-10-6-3-7-11-22/h2-7,9-12,20-23,26-27,30-32,39-40H,8,14-19H2,(H,46,48,52,56)(H,47,49,53,57);2-11,17-20,23-24,27-29,36-37,52-53H,12-16H2,(H,42,44,48,54)(H,43,45,49,55)/q2*+1/t26-,27+,30?,31?,32-,39-,40-,41-,67?,68?;23-,24+,27?,28?,29-,36-,37-,38+,62?/m11/s1. The van der Waals surface area contributed by atoms with Crippen molar-refractivity contribution in [2.75, 3.05) is 93.8 Å². The number of amides is 4. The molecular formula is C79H72B2F2N23O21P3+2. The van der Waals surface area contributed by atoms with Gasteiger partial charge in [0.15, 0.2) is 142 Å². The lowest BCUT2D eigenvalue weighted by Crippen LogP contribution is -2.46. The molecule has 4 aromatic carbocycles. The van der Waals surface area contributed by atoms with Crippen molar-refractivity contribution in [3.63, 3.8) is 0 Å². The Morgan fingerprint density at radius 2 is 1.04 bits per heavy atom. The number of hydrogen-bond donors (Lipinski definition) is 6. The Labute approximate surface area is 738 Å². The molecule has 662 valence electrons. The third-order valence-corrected chi connectivity index (χ3v) is 26.0. The van der Waals surface area contributed by atoms with Crippen LogP contribution >= 0.6 is 24.2 Å². The number of aromatic nitrogens is 16. The highest BCUT2D eigenvalue weighted by Gasteiger charge is 2.70.